The second-order valence-electron chi connectivity index (χ2n) is 5.69. The van der Waals surface area contributed by atoms with Gasteiger partial charge in [-0.25, -0.2) is 0 Å². The zero-order valence-corrected chi connectivity index (χ0v) is 16.4. The van der Waals surface area contributed by atoms with Gasteiger partial charge in [0, 0.05) is 12.6 Å². The third kappa shape index (κ3) is 5.45. The summed E-state index contributed by atoms with van der Waals surface area (Å²) in [5.41, 5.74) is 2.26. The first-order valence-electron chi connectivity index (χ1n) is 7.88. The Balaban J connectivity index is 1.79. The number of halogens is 2. The Hall–Kier alpha value is -2.58. The number of aryl methyl sites for hydroxylation is 2. The van der Waals surface area contributed by atoms with E-state index in [1.165, 1.54) is 18.2 Å². The highest BCUT2D eigenvalue weighted by molar-refractivity contribution is 6.42. The van der Waals surface area contributed by atoms with Gasteiger partial charge in [-0.2, -0.15) is 5.10 Å². The van der Waals surface area contributed by atoms with Crippen molar-refractivity contribution < 1.29 is 19.1 Å². The highest BCUT2D eigenvalue weighted by Gasteiger charge is 2.15. The molecule has 1 aromatic heterocycles. The normalized spacial score (nSPS) is 10.4. The minimum atomic E-state index is -0.752. The summed E-state index contributed by atoms with van der Waals surface area (Å²) in [7, 11) is 1.76. The van der Waals surface area contributed by atoms with E-state index >= 15 is 0 Å². The van der Waals surface area contributed by atoms with Gasteiger partial charge in [-0.05, 0) is 32.0 Å². The summed E-state index contributed by atoms with van der Waals surface area (Å²) >= 11 is 11.6. The fraction of sp³-hybridized carbons (Fsp3) is 0.294. The van der Waals surface area contributed by atoms with Crippen LogP contribution in [0.25, 0.3) is 0 Å². The molecule has 2 amide bonds. The highest BCUT2D eigenvalue weighted by atomic mass is 35.5. The number of anilines is 1. The number of esters is 1. The van der Waals surface area contributed by atoms with Crippen molar-refractivity contribution in [2.75, 3.05) is 18.5 Å². The smallest absolute Gasteiger partial charge is 0.325 e. The van der Waals surface area contributed by atoms with Crippen LogP contribution in [0.2, 0.25) is 10.0 Å². The summed E-state index contributed by atoms with van der Waals surface area (Å²) in [6, 6.07) is 4.33. The predicted octanol–water partition coefficient (Wildman–Crippen LogP) is 2.26. The fourth-order valence-corrected chi connectivity index (χ4v) is 2.52. The number of hydrogen-bond acceptors (Lipinski definition) is 5. The SMILES string of the molecule is Cc1nn(C)c(C)c1NC(=O)COC(=O)CNC(=O)c1ccc(Cl)c(Cl)c1. The molecule has 0 aliphatic rings. The topological polar surface area (TPSA) is 102 Å². The molecule has 2 N–H and O–H groups in total. The van der Waals surface area contributed by atoms with Crippen molar-refractivity contribution in [3.05, 3.63) is 45.2 Å². The number of carbonyl (C=O) groups is 3. The number of carbonyl (C=O) groups excluding carboxylic acids is 3. The molecule has 2 rings (SSSR count). The molecular weight excluding hydrogens is 395 g/mol. The number of rotatable bonds is 6. The Kier molecular flexibility index (Phi) is 6.81. The van der Waals surface area contributed by atoms with Crippen LogP contribution in [0.3, 0.4) is 0 Å². The van der Waals surface area contributed by atoms with E-state index in [0.717, 1.165) is 5.69 Å². The van der Waals surface area contributed by atoms with Crippen LogP contribution in [0, 0.1) is 13.8 Å². The number of nitrogens with zero attached hydrogens (tertiary/aromatic N) is 2. The van der Waals surface area contributed by atoms with Crippen molar-refractivity contribution in [1.29, 1.82) is 0 Å². The number of amides is 2. The van der Waals surface area contributed by atoms with E-state index in [4.69, 9.17) is 27.9 Å². The summed E-state index contributed by atoms with van der Waals surface area (Å²) in [4.78, 5) is 35.6. The summed E-state index contributed by atoms with van der Waals surface area (Å²) in [6.07, 6.45) is 0. The lowest BCUT2D eigenvalue weighted by Crippen LogP contribution is -2.32. The summed E-state index contributed by atoms with van der Waals surface area (Å²) in [6.45, 7) is 2.69. The average molecular weight is 413 g/mol. The van der Waals surface area contributed by atoms with Gasteiger partial charge in [0.1, 0.15) is 6.54 Å². The second-order valence-corrected chi connectivity index (χ2v) is 6.50. The molecule has 1 aromatic carbocycles. The molecule has 0 aliphatic heterocycles. The second kappa shape index (κ2) is 8.88. The molecule has 144 valence electrons. The van der Waals surface area contributed by atoms with E-state index in [9.17, 15) is 14.4 Å². The molecule has 0 unspecified atom stereocenters. The quantitative estimate of drug-likeness (QED) is 0.708. The lowest BCUT2D eigenvalue weighted by Gasteiger charge is -2.08. The first-order chi connectivity index (χ1) is 12.7. The lowest BCUT2D eigenvalue weighted by atomic mass is 10.2. The van der Waals surface area contributed by atoms with Crippen molar-refractivity contribution in [2.24, 2.45) is 7.05 Å². The van der Waals surface area contributed by atoms with E-state index in [2.05, 4.69) is 15.7 Å². The highest BCUT2D eigenvalue weighted by Crippen LogP contribution is 2.22. The van der Waals surface area contributed by atoms with Crippen molar-refractivity contribution in [2.45, 2.75) is 13.8 Å². The van der Waals surface area contributed by atoms with Crippen LogP contribution >= 0.6 is 23.2 Å². The van der Waals surface area contributed by atoms with Gasteiger partial charge >= 0.3 is 5.97 Å². The molecule has 0 bridgehead atoms. The van der Waals surface area contributed by atoms with Crippen LogP contribution in [0.5, 0.6) is 0 Å². The number of ether oxygens (including phenoxy) is 1. The Morgan fingerprint density at radius 3 is 2.48 bits per heavy atom. The number of aromatic nitrogens is 2. The third-order valence-corrected chi connectivity index (χ3v) is 4.45. The molecule has 0 atom stereocenters. The van der Waals surface area contributed by atoms with Gasteiger partial charge in [0.2, 0.25) is 0 Å². The maximum absolute atomic E-state index is 12.0. The van der Waals surface area contributed by atoms with E-state index in [1.54, 1.807) is 25.6 Å². The summed E-state index contributed by atoms with van der Waals surface area (Å²) in [5, 5.41) is 9.74. The molecule has 1 heterocycles. The molecule has 0 radical (unpaired) electrons. The Morgan fingerprint density at radius 1 is 1.19 bits per heavy atom. The molecule has 2 aromatic rings. The molecule has 10 heteroatoms. The van der Waals surface area contributed by atoms with Gasteiger partial charge in [0.25, 0.3) is 11.8 Å². The molecule has 0 saturated heterocycles. The van der Waals surface area contributed by atoms with Gasteiger partial charge in [0.15, 0.2) is 6.61 Å². The van der Waals surface area contributed by atoms with Crippen LogP contribution in [-0.4, -0.2) is 40.7 Å². The first-order valence-corrected chi connectivity index (χ1v) is 8.63. The number of nitrogens with one attached hydrogen (secondary N) is 2. The van der Waals surface area contributed by atoms with E-state index < -0.39 is 30.9 Å². The maximum atomic E-state index is 12.0. The minimum absolute atomic E-state index is 0.226. The van der Waals surface area contributed by atoms with Crippen LogP contribution in [0.1, 0.15) is 21.7 Å². The lowest BCUT2D eigenvalue weighted by molar-refractivity contribution is -0.146. The maximum Gasteiger partial charge on any atom is 0.325 e. The Labute approximate surface area is 165 Å². The molecule has 27 heavy (non-hydrogen) atoms. The van der Waals surface area contributed by atoms with Crippen LogP contribution in [-0.2, 0) is 21.4 Å². The molecule has 0 spiro atoms. The van der Waals surface area contributed by atoms with E-state index in [-0.39, 0.29) is 10.6 Å². The van der Waals surface area contributed by atoms with Gasteiger partial charge in [0.05, 0.1) is 27.1 Å². The zero-order valence-electron chi connectivity index (χ0n) is 14.9. The summed E-state index contributed by atoms with van der Waals surface area (Å²) in [5.74, 6) is -1.77. The molecule has 0 saturated carbocycles. The predicted molar refractivity (Wildman–Crippen MR) is 101 cm³/mol. The standard InChI is InChI=1S/C17H18Cl2N4O4/c1-9-16(10(2)23(3)22-9)21-14(24)8-27-15(25)7-20-17(26)11-4-5-12(18)13(19)6-11/h4-6H,7-8H2,1-3H3,(H,20,26)(H,21,24). The van der Waals surface area contributed by atoms with Crippen molar-refractivity contribution in [3.8, 4) is 0 Å². The first kappa shape index (κ1) is 20.7. The van der Waals surface area contributed by atoms with Gasteiger partial charge in [-0.15, -0.1) is 0 Å². The van der Waals surface area contributed by atoms with E-state index in [1.807, 2.05) is 0 Å². The zero-order chi connectivity index (χ0) is 20.1. The fourth-order valence-electron chi connectivity index (χ4n) is 2.22. The summed E-state index contributed by atoms with van der Waals surface area (Å²) < 4.78 is 6.49. The van der Waals surface area contributed by atoms with Crippen molar-refractivity contribution >= 4 is 46.7 Å². The van der Waals surface area contributed by atoms with Gasteiger partial charge < -0.3 is 15.4 Å². The van der Waals surface area contributed by atoms with Gasteiger partial charge in [-0.1, -0.05) is 23.2 Å². The Bertz CT molecular complexity index is 895. The largest absolute Gasteiger partial charge is 0.454 e. The molecule has 0 fully saturated rings. The monoisotopic (exact) mass is 412 g/mol. The number of benzene rings is 1. The minimum Gasteiger partial charge on any atom is -0.454 e. The van der Waals surface area contributed by atoms with Gasteiger partial charge in [-0.3, -0.25) is 19.1 Å². The van der Waals surface area contributed by atoms with Crippen LogP contribution in [0.15, 0.2) is 18.2 Å². The van der Waals surface area contributed by atoms with E-state index in [0.29, 0.717) is 16.4 Å². The molecule has 0 aliphatic carbocycles. The number of hydrogen-bond donors (Lipinski definition) is 2. The van der Waals surface area contributed by atoms with Crippen LogP contribution in [0.4, 0.5) is 5.69 Å². The van der Waals surface area contributed by atoms with Crippen LogP contribution < -0.4 is 10.6 Å². The van der Waals surface area contributed by atoms with Crippen molar-refractivity contribution in [1.82, 2.24) is 15.1 Å². The average Bonchev–Trinajstić information content (AvgIpc) is 2.86. The molecular formula is C17H18Cl2N4O4. The van der Waals surface area contributed by atoms with Crippen molar-refractivity contribution in [3.63, 3.8) is 0 Å². The third-order valence-electron chi connectivity index (χ3n) is 3.71. The Morgan fingerprint density at radius 2 is 1.89 bits per heavy atom. The molecule has 8 nitrogen and oxygen atoms in total.